The highest BCUT2D eigenvalue weighted by atomic mass is 35.5. The third kappa shape index (κ3) is 5.78. The Bertz CT molecular complexity index is 1210. The number of phosphoric ester groups is 1. The molecule has 186 valence electrons. The van der Waals surface area contributed by atoms with Crippen molar-refractivity contribution in [2.75, 3.05) is 12.3 Å². The SMILES string of the molecule is Nc1ncnc2c1c(Cl)cn2[C@@H]1O[C@](F)(COP(=O)(O)OP(=O)(O)OP(=O)(O)O)[C@@H](O)[C@H]1O. The van der Waals surface area contributed by atoms with Gasteiger partial charge in [-0.2, -0.15) is 8.62 Å². The van der Waals surface area contributed by atoms with Crippen LogP contribution in [0.25, 0.3) is 11.0 Å². The summed E-state index contributed by atoms with van der Waals surface area (Å²) >= 11 is 6.04. The van der Waals surface area contributed by atoms with E-state index in [0.29, 0.717) is 0 Å². The van der Waals surface area contributed by atoms with Gasteiger partial charge in [-0.15, -0.1) is 0 Å². The molecular weight excluding hydrogens is 544 g/mol. The summed E-state index contributed by atoms with van der Waals surface area (Å²) in [5.74, 6) is -3.47. The summed E-state index contributed by atoms with van der Waals surface area (Å²) in [5.41, 5.74) is 5.67. The van der Waals surface area contributed by atoms with Crippen LogP contribution in [0, 0.1) is 0 Å². The molecule has 0 aromatic carbocycles. The first kappa shape index (κ1) is 26.5. The van der Waals surface area contributed by atoms with Gasteiger partial charge in [-0.25, -0.2) is 28.1 Å². The molecule has 3 rings (SSSR count). The number of hydrogen-bond acceptors (Lipinski definition) is 12. The molecule has 17 nitrogen and oxygen atoms in total. The number of aliphatic hydroxyl groups is 2. The number of phosphoric acid groups is 3. The van der Waals surface area contributed by atoms with E-state index in [1.807, 2.05) is 0 Å². The molecule has 1 aliphatic rings. The number of nitrogens with two attached hydrogens (primary N) is 1. The first-order valence-electron chi connectivity index (χ1n) is 8.22. The van der Waals surface area contributed by atoms with Crippen molar-refractivity contribution >= 4 is 51.9 Å². The monoisotopic (exact) mass is 558 g/mol. The number of anilines is 1. The van der Waals surface area contributed by atoms with E-state index in [2.05, 4.69) is 23.1 Å². The molecule has 0 spiro atoms. The van der Waals surface area contributed by atoms with Crippen LogP contribution >= 0.6 is 35.1 Å². The standard InChI is InChI=1S/C11H15ClFN4O13P3/c12-4-1-17(9-5(4)8(14)15-3-16-9)10-6(18)7(19)11(13,28-10)2-27-32(23,24)30-33(25,26)29-31(20,21)22/h1,3,6-7,10,18-19H,2H2,(H,23,24)(H,25,26)(H2,14,15,16)(H2,20,21,22)/t6-,7+,10-,11-/m1/s1. The highest BCUT2D eigenvalue weighted by molar-refractivity contribution is 7.66. The summed E-state index contributed by atoms with van der Waals surface area (Å²) in [6, 6.07) is 0. The Kier molecular flexibility index (Phi) is 7.12. The van der Waals surface area contributed by atoms with E-state index in [1.165, 1.54) is 0 Å². The lowest BCUT2D eigenvalue weighted by Crippen LogP contribution is -2.42. The van der Waals surface area contributed by atoms with Gasteiger partial charge in [0.25, 0.3) is 5.85 Å². The zero-order chi connectivity index (χ0) is 25.0. The van der Waals surface area contributed by atoms with Gasteiger partial charge in [0.05, 0.1) is 10.4 Å². The topological polar surface area (TPSA) is 266 Å². The minimum Gasteiger partial charge on any atom is -0.385 e. The van der Waals surface area contributed by atoms with Gasteiger partial charge in [0.1, 0.15) is 36.6 Å². The zero-order valence-corrected chi connectivity index (χ0v) is 19.1. The van der Waals surface area contributed by atoms with Crippen molar-refractivity contribution in [1.82, 2.24) is 14.5 Å². The van der Waals surface area contributed by atoms with Gasteiger partial charge in [-0.3, -0.25) is 4.52 Å². The molecule has 0 saturated carbocycles. The zero-order valence-electron chi connectivity index (χ0n) is 15.7. The van der Waals surface area contributed by atoms with E-state index in [1.54, 1.807) is 0 Å². The highest BCUT2D eigenvalue weighted by Crippen LogP contribution is 2.66. The number of aliphatic hydroxyl groups excluding tert-OH is 2. The summed E-state index contributed by atoms with van der Waals surface area (Å²) in [6.07, 6.45) is -4.00. The van der Waals surface area contributed by atoms with Crippen molar-refractivity contribution in [3.8, 4) is 0 Å². The fourth-order valence-electron chi connectivity index (χ4n) is 2.82. The molecule has 1 fully saturated rings. The molecule has 1 aliphatic heterocycles. The highest BCUT2D eigenvalue weighted by Gasteiger charge is 2.57. The molecule has 22 heteroatoms. The average molecular weight is 559 g/mol. The summed E-state index contributed by atoms with van der Waals surface area (Å²) in [4.78, 5) is 43.1. The number of nitrogen functional groups attached to an aromatic ring is 1. The van der Waals surface area contributed by atoms with E-state index in [9.17, 15) is 28.8 Å². The predicted octanol–water partition coefficient (Wildman–Crippen LogP) is -0.0734. The van der Waals surface area contributed by atoms with Crippen LogP contribution in [-0.2, 0) is 31.6 Å². The van der Waals surface area contributed by atoms with Crippen molar-refractivity contribution < 1.29 is 65.8 Å². The molecule has 1 saturated heterocycles. The Labute approximate surface area is 186 Å². The van der Waals surface area contributed by atoms with E-state index in [4.69, 9.17) is 36.8 Å². The Hall–Kier alpha value is -1.07. The number of hydrogen-bond donors (Lipinski definition) is 7. The molecule has 0 amide bonds. The van der Waals surface area contributed by atoms with Crippen molar-refractivity contribution in [2.24, 2.45) is 0 Å². The van der Waals surface area contributed by atoms with E-state index in [0.717, 1.165) is 17.1 Å². The maximum absolute atomic E-state index is 15.2. The van der Waals surface area contributed by atoms with Crippen LogP contribution < -0.4 is 5.73 Å². The van der Waals surface area contributed by atoms with E-state index < -0.39 is 54.4 Å². The van der Waals surface area contributed by atoms with Gasteiger partial charge in [0.2, 0.25) is 0 Å². The van der Waals surface area contributed by atoms with Crippen molar-refractivity contribution in [3.05, 3.63) is 17.5 Å². The lowest BCUT2D eigenvalue weighted by Gasteiger charge is -2.24. The fraction of sp³-hybridized carbons (Fsp3) is 0.455. The second kappa shape index (κ2) is 8.86. The number of fused-ring (bicyclic) bond motifs is 1. The van der Waals surface area contributed by atoms with Crippen LogP contribution in [0.2, 0.25) is 5.02 Å². The van der Waals surface area contributed by atoms with Gasteiger partial charge in [-0.1, -0.05) is 11.6 Å². The molecule has 0 aliphatic carbocycles. The smallest absolute Gasteiger partial charge is 0.385 e. The quantitative estimate of drug-likeness (QED) is 0.209. The van der Waals surface area contributed by atoms with Crippen molar-refractivity contribution in [2.45, 2.75) is 24.3 Å². The van der Waals surface area contributed by atoms with Gasteiger partial charge in [0.15, 0.2) is 6.23 Å². The molecule has 0 radical (unpaired) electrons. The van der Waals surface area contributed by atoms with Crippen LogP contribution in [0.15, 0.2) is 12.5 Å². The van der Waals surface area contributed by atoms with Crippen LogP contribution in [0.4, 0.5) is 10.2 Å². The molecule has 2 unspecified atom stereocenters. The van der Waals surface area contributed by atoms with Crippen LogP contribution in [0.3, 0.4) is 0 Å². The first-order chi connectivity index (χ1) is 14.9. The molecular formula is C11H15ClFN4O13P3. The molecule has 3 heterocycles. The normalized spacial score (nSPS) is 29.8. The number of halogens is 2. The van der Waals surface area contributed by atoms with Crippen LogP contribution in [-0.4, -0.2) is 69.0 Å². The maximum atomic E-state index is 15.2. The number of alkyl halides is 1. The predicted molar refractivity (Wildman–Crippen MR) is 103 cm³/mol. The second-order valence-electron chi connectivity index (χ2n) is 6.44. The fourth-order valence-corrected chi connectivity index (χ4v) is 6.14. The number of nitrogens with zero attached hydrogens (tertiary/aromatic N) is 3. The van der Waals surface area contributed by atoms with Gasteiger partial charge < -0.3 is 44.8 Å². The summed E-state index contributed by atoms with van der Waals surface area (Å²) in [5, 5.41) is 20.5. The number of ether oxygens (including phenoxy) is 1. The lowest BCUT2D eigenvalue weighted by atomic mass is 10.1. The van der Waals surface area contributed by atoms with Crippen LogP contribution in [0.5, 0.6) is 0 Å². The average Bonchev–Trinajstić information content (AvgIpc) is 3.08. The second-order valence-corrected chi connectivity index (χ2v) is 11.3. The summed E-state index contributed by atoms with van der Waals surface area (Å²) in [7, 11) is -17.2. The third-order valence-corrected chi connectivity index (χ3v) is 8.15. The van der Waals surface area contributed by atoms with Gasteiger partial charge in [-0.05, 0) is 0 Å². The molecule has 0 bridgehead atoms. The minimum absolute atomic E-state index is 0.0157. The summed E-state index contributed by atoms with van der Waals surface area (Å²) in [6.45, 7) is -1.67. The largest absolute Gasteiger partial charge is 0.490 e. The Morgan fingerprint density at radius 1 is 1.18 bits per heavy atom. The number of aromatic nitrogens is 3. The molecule has 33 heavy (non-hydrogen) atoms. The Morgan fingerprint density at radius 2 is 1.82 bits per heavy atom. The Morgan fingerprint density at radius 3 is 2.42 bits per heavy atom. The van der Waals surface area contributed by atoms with Crippen LogP contribution in [0.1, 0.15) is 6.23 Å². The number of rotatable bonds is 8. The van der Waals surface area contributed by atoms with E-state index >= 15 is 4.39 Å². The van der Waals surface area contributed by atoms with Gasteiger partial charge in [0, 0.05) is 6.20 Å². The summed E-state index contributed by atoms with van der Waals surface area (Å²) < 4.78 is 66.0. The van der Waals surface area contributed by atoms with Crippen molar-refractivity contribution in [3.63, 3.8) is 0 Å². The third-order valence-electron chi connectivity index (χ3n) is 4.08. The first-order valence-corrected chi connectivity index (χ1v) is 13.1. The molecule has 2 aromatic heterocycles. The van der Waals surface area contributed by atoms with Crippen molar-refractivity contribution in [1.29, 1.82) is 0 Å². The molecule has 6 atom stereocenters. The molecule has 2 aromatic rings. The maximum Gasteiger partial charge on any atom is 0.490 e. The lowest BCUT2D eigenvalue weighted by molar-refractivity contribution is -0.203. The molecule has 8 N–H and O–H groups in total. The minimum atomic E-state index is -5.86. The van der Waals surface area contributed by atoms with E-state index in [-0.39, 0.29) is 21.9 Å². The van der Waals surface area contributed by atoms with Gasteiger partial charge >= 0.3 is 23.5 Å². The Balaban J connectivity index is 1.79.